The van der Waals surface area contributed by atoms with Gasteiger partial charge in [-0.15, -0.1) is 0 Å². The van der Waals surface area contributed by atoms with Gasteiger partial charge in [-0.05, 0) is 44.2 Å². The summed E-state index contributed by atoms with van der Waals surface area (Å²) < 4.78 is 2.00. The van der Waals surface area contributed by atoms with E-state index in [0.717, 1.165) is 29.1 Å². The average molecular weight is 386 g/mol. The number of carboxylic acids is 1. The summed E-state index contributed by atoms with van der Waals surface area (Å²) in [7, 11) is 0. The number of carbonyl (C=O) groups is 2. The molecule has 0 saturated carbocycles. The van der Waals surface area contributed by atoms with Gasteiger partial charge in [0.15, 0.2) is 0 Å². The molecule has 152 valence electrons. The molecule has 0 saturated heterocycles. The summed E-state index contributed by atoms with van der Waals surface area (Å²) in [6.45, 7) is 11.0. The van der Waals surface area contributed by atoms with Crippen LogP contribution >= 0.6 is 0 Å². The van der Waals surface area contributed by atoms with Crippen LogP contribution in [0.25, 0.3) is 0 Å². The van der Waals surface area contributed by atoms with Gasteiger partial charge in [0.05, 0.1) is 5.69 Å². The number of hydrogen-bond acceptors (Lipinski definition) is 3. The first-order chi connectivity index (χ1) is 13.2. The molecule has 1 N–H and O–H groups in total. The third-order valence-electron chi connectivity index (χ3n) is 5.00. The molecule has 0 fully saturated rings. The van der Waals surface area contributed by atoms with Crippen molar-refractivity contribution >= 4 is 11.9 Å². The predicted octanol–water partition coefficient (Wildman–Crippen LogP) is 3.59. The molecule has 1 aromatic carbocycles. The minimum Gasteiger partial charge on any atom is -0.480 e. The van der Waals surface area contributed by atoms with E-state index >= 15 is 0 Å². The van der Waals surface area contributed by atoms with Crippen LogP contribution in [-0.2, 0) is 29.1 Å². The zero-order chi connectivity index (χ0) is 20.8. The lowest BCUT2D eigenvalue weighted by molar-refractivity contribution is -0.150. The fraction of sp³-hybridized carbons (Fsp3) is 0.500. The van der Waals surface area contributed by atoms with Crippen LogP contribution in [0.5, 0.6) is 0 Å². The van der Waals surface area contributed by atoms with Gasteiger partial charge in [0.25, 0.3) is 0 Å². The summed E-state index contributed by atoms with van der Waals surface area (Å²) in [6.07, 6.45) is 0.825. The van der Waals surface area contributed by atoms with Gasteiger partial charge in [0.1, 0.15) is 6.04 Å². The SMILES string of the molecule is Cc1nn(CC(C)C)c(C)c1CCC(=O)N(Cc1ccccc1)C(C)C(=O)O. The summed E-state index contributed by atoms with van der Waals surface area (Å²) in [5, 5.41) is 14.0. The van der Waals surface area contributed by atoms with Crippen molar-refractivity contribution in [3.05, 3.63) is 52.8 Å². The first-order valence-electron chi connectivity index (χ1n) is 9.79. The van der Waals surface area contributed by atoms with Gasteiger partial charge < -0.3 is 10.0 Å². The molecule has 0 radical (unpaired) electrons. The Hall–Kier alpha value is -2.63. The maximum Gasteiger partial charge on any atom is 0.326 e. The number of rotatable bonds is 9. The Balaban J connectivity index is 2.13. The topological polar surface area (TPSA) is 75.4 Å². The Morgan fingerprint density at radius 1 is 1.14 bits per heavy atom. The maximum absolute atomic E-state index is 12.9. The van der Waals surface area contributed by atoms with E-state index in [1.807, 2.05) is 48.9 Å². The lowest BCUT2D eigenvalue weighted by Crippen LogP contribution is -2.42. The zero-order valence-corrected chi connectivity index (χ0v) is 17.5. The van der Waals surface area contributed by atoms with Gasteiger partial charge in [-0.3, -0.25) is 9.48 Å². The Labute approximate surface area is 167 Å². The third-order valence-corrected chi connectivity index (χ3v) is 5.00. The monoisotopic (exact) mass is 385 g/mol. The van der Waals surface area contributed by atoms with Gasteiger partial charge in [-0.2, -0.15) is 5.10 Å². The number of amides is 1. The maximum atomic E-state index is 12.9. The first-order valence-corrected chi connectivity index (χ1v) is 9.79. The number of aromatic nitrogens is 2. The average Bonchev–Trinajstić information content (AvgIpc) is 2.90. The van der Waals surface area contributed by atoms with E-state index in [4.69, 9.17) is 0 Å². The highest BCUT2D eigenvalue weighted by Gasteiger charge is 2.26. The molecule has 1 aromatic heterocycles. The molecule has 1 unspecified atom stereocenters. The van der Waals surface area contributed by atoms with Crippen LogP contribution in [0.3, 0.4) is 0 Å². The third kappa shape index (κ3) is 5.44. The van der Waals surface area contributed by atoms with Gasteiger partial charge in [0.2, 0.25) is 5.91 Å². The lowest BCUT2D eigenvalue weighted by atomic mass is 10.1. The molecule has 0 aliphatic rings. The number of hydrogen-bond donors (Lipinski definition) is 1. The summed E-state index contributed by atoms with van der Waals surface area (Å²) in [5.41, 5.74) is 4.02. The molecule has 1 amide bonds. The van der Waals surface area contributed by atoms with E-state index in [9.17, 15) is 14.7 Å². The number of benzene rings is 1. The predicted molar refractivity (Wildman–Crippen MR) is 109 cm³/mol. The number of aliphatic carboxylic acids is 1. The molecular formula is C22H31N3O3. The number of carbonyl (C=O) groups excluding carboxylic acids is 1. The van der Waals surface area contributed by atoms with Crippen molar-refractivity contribution in [2.45, 2.75) is 66.6 Å². The second kappa shape index (κ2) is 9.53. The molecule has 0 aliphatic carbocycles. The van der Waals surface area contributed by atoms with E-state index in [1.165, 1.54) is 4.90 Å². The molecule has 1 heterocycles. The lowest BCUT2D eigenvalue weighted by Gasteiger charge is -2.27. The van der Waals surface area contributed by atoms with E-state index in [2.05, 4.69) is 18.9 Å². The van der Waals surface area contributed by atoms with E-state index < -0.39 is 12.0 Å². The van der Waals surface area contributed by atoms with E-state index in [-0.39, 0.29) is 18.9 Å². The minimum atomic E-state index is -0.999. The van der Waals surface area contributed by atoms with Crippen LogP contribution in [0.15, 0.2) is 30.3 Å². The Bertz CT molecular complexity index is 812. The molecule has 2 rings (SSSR count). The van der Waals surface area contributed by atoms with Crippen molar-refractivity contribution < 1.29 is 14.7 Å². The van der Waals surface area contributed by atoms with Crippen molar-refractivity contribution in [2.24, 2.45) is 5.92 Å². The van der Waals surface area contributed by atoms with E-state index in [0.29, 0.717) is 12.3 Å². The standard InChI is InChI=1S/C22H31N3O3/c1-15(2)13-25-17(4)20(16(3)23-25)11-12-21(26)24(18(5)22(27)28)14-19-9-7-6-8-10-19/h6-10,15,18H,11-14H2,1-5H3,(H,27,28). The fourth-order valence-electron chi connectivity index (χ4n) is 3.35. The summed E-state index contributed by atoms with van der Waals surface area (Å²) in [5.74, 6) is -0.666. The fourth-order valence-corrected chi connectivity index (χ4v) is 3.35. The normalized spacial score (nSPS) is 12.2. The smallest absolute Gasteiger partial charge is 0.326 e. The van der Waals surface area contributed by atoms with Crippen LogP contribution in [0, 0.1) is 19.8 Å². The molecular weight excluding hydrogens is 354 g/mol. The number of carboxylic acid groups (broad SMARTS) is 1. The number of nitrogens with zero attached hydrogens (tertiary/aromatic N) is 3. The molecule has 0 spiro atoms. The van der Waals surface area contributed by atoms with Crippen molar-refractivity contribution in [2.75, 3.05) is 0 Å². The zero-order valence-electron chi connectivity index (χ0n) is 17.5. The highest BCUT2D eigenvalue weighted by Crippen LogP contribution is 2.18. The van der Waals surface area contributed by atoms with Gasteiger partial charge in [-0.25, -0.2) is 4.79 Å². The molecule has 6 heteroatoms. The van der Waals surface area contributed by atoms with Crippen LogP contribution in [0.4, 0.5) is 0 Å². The van der Waals surface area contributed by atoms with Crippen LogP contribution in [0.2, 0.25) is 0 Å². The van der Waals surface area contributed by atoms with Gasteiger partial charge >= 0.3 is 5.97 Å². The second-order valence-electron chi connectivity index (χ2n) is 7.75. The Morgan fingerprint density at radius 2 is 1.79 bits per heavy atom. The Morgan fingerprint density at radius 3 is 2.36 bits per heavy atom. The van der Waals surface area contributed by atoms with Crippen LogP contribution in [-0.4, -0.2) is 37.7 Å². The highest BCUT2D eigenvalue weighted by atomic mass is 16.4. The molecule has 2 aromatic rings. The van der Waals surface area contributed by atoms with Crippen molar-refractivity contribution in [1.82, 2.24) is 14.7 Å². The van der Waals surface area contributed by atoms with E-state index in [1.54, 1.807) is 6.92 Å². The summed E-state index contributed by atoms with van der Waals surface area (Å²) >= 11 is 0. The van der Waals surface area contributed by atoms with Crippen LogP contribution < -0.4 is 0 Å². The quantitative estimate of drug-likeness (QED) is 0.716. The molecule has 0 aliphatic heterocycles. The largest absolute Gasteiger partial charge is 0.480 e. The molecule has 0 bridgehead atoms. The molecule has 28 heavy (non-hydrogen) atoms. The molecule has 6 nitrogen and oxygen atoms in total. The summed E-state index contributed by atoms with van der Waals surface area (Å²) in [4.78, 5) is 25.9. The minimum absolute atomic E-state index is 0.158. The van der Waals surface area contributed by atoms with Crippen LogP contribution in [0.1, 0.15) is 49.7 Å². The van der Waals surface area contributed by atoms with Gasteiger partial charge in [-0.1, -0.05) is 44.2 Å². The Kier molecular flexibility index (Phi) is 7.38. The summed E-state index contributed by atoms with van der Waals surface area (Å²) in [6, 6.07) is 8.60. The second-order valence-corrected chi connectivity index (χ2v) is 7.75. The van der Waals surface area contributed by atoms with Crippen molar-refractivity contribution in [3.63, 3.8) is 0 Å². The molecule has 1 atom stereocenters. The van der Waals surface area contributed by atoms with Gasteiger partial charge in [0, 0.05) is 25.2 Å². The van der Waals surface area contributed by atoms with Crippen molar-refractivity contribution in [3.8, 4) is 0 Å². The first kappa shape index (κ1) is 21.7. The van der Waals surface area contributed by atoms with Crippen molar-refractivity contribution in [1.29, 1.82) is 0 Å². The highest BCUT2D eigenvalue weighted by molar-refractivity contribution is 5.83. The number of aryl methyl sites for hydroxylation is 1.